The normalized spacial score (nSPS) is 10.8. The molecule has 2 rings (SSSR count). The molecular weight excluding hydrogens is 278 g/mol. The largest absolute Gasteiger partial charge is 0.317 e. The van der Waals surface area contributed by atoms with Crippen molar-refractivity contribution in [3.05, 3.63) is 44.9 Å². The van der Waals surface area contributed by atoms with Crippen LogP contribution in [0.2, 0.25) is 5.02 Å². The number of benzene rings is 1. The molecule has 0 saturated heterocycles. The molecule has 0 aliphatic carbocycles. The van der Waals surface area contributed by atoms with E-state index >= 15 is 0 Å². The number of halogens is 1. The molecule has 2 aromatic rings. The fraction of sp³-hybridized carbons (Fsp3) is 0.429. The molecule has 0 spiro atoms. The summed E-state index contributed by atoms with van der Waals surface area (Å²) in [6.45, 7) is 4.18. The molecule has 0 unspecified atom stereocenters. The van der Waals surface area contributed by atoms with Gasteiger partial charge in [-0.25, -0.2) is 0 Å². The topological polar surface area (TPSA) is 37.8 Å². The zero-order valence-electron chi connectivity index (χ0n) is 11.0. The van der Waals surface area contributed by atoms with Crippen LogP contribution >= 0.6 is 22.9 Å². The second-order valence-corrected chi connectivity index (χ2v) is 5.94. The van der Waals surface area contributed by atoms with Crippen molar-refractivity contribution < 1.29 is 0 Å². The molecule has 19 heavy (non-hydrogen) atoms. The Morgan fingerprint density at radius 1 is 1.26 bits per heavy atom. The van der Waals surface area contributed by atoms with Gasteiger partial charge in [0.1, 0.15) is 10.0 Å². The van der Waals surface area contributed by atoms with Gasteiger partial charge in [-0.3, -0.25) is 0 Å². The van der Waals surface area contributed by atoms with Crippen molar-refractivity contribution in [2.75, 3.05) is 13.1 Å². The van der Waals surface area contributed by atoms with Crippen molar-refractivity contribution in [2.24, 2.45) is 0 Å². The molecule has 1 heterocycles. The van der Waals surface area contributed by atoms with Gasteiger partial charge in [-0.05, 0) is 37.2 Å². The molecule has 0 bridgehead atoms. The van der Waals surface area contributed by atoms with E-state index in [1.165, 1.54) is 5.56 Å². The first-order valence-electron chi connectivity index (χ1n) is 6.54. The number of nitrogens with one attached hydrogen (secondary N) is 1. The Morgan fingerprint density at radius 3 is 2.89 bits per heavy atom. The first kappa shape index (κ1) is 14.4. The third-order valence-corrected chi connectivity index (χ3v) is 3.97. The number of aromatic nitrogens is 2. The fourth-order valence-electron chi connectivity index (χ4n) is 1.82. The molecule has 102 valence electrons. The lowest BCUT2D eigenvalue weighted by Crippen LogP contribution is -2.14. The highest BCUT2D eigenvalue weighted by Gasteiger charge is 2.05. The van der Waals surface area contributed by atoms with Gasteiger partial charge in [-0.1, -0.05) is 30.7 Å². The Balaban J connectivity index is 1.87. The zero-order valence-corrected chi connectivity index (χ0v) is 12.6. The van der Waals surface area contributed by atoms with E-state index < -0.39 is 0 Å². The second-order valence-electron chi connectivity index (χ2n) is 4.35. The van der Waals surface area contributed by atoms with Crippen LogP contribution in [0.15, 0.2) is 24.3 Å². The molecule has 0 aliphatic rings. The quantitative estimate of drug-likeness (QED) is 0.796. The van der Waals surface area contributed by atoms with Gasteiger partial charge in [0.05, 0.1) is 0 Å². The number of nitrogens with zero attached hydrogens (tertiary/aromatic N) is 2. The maximum atomic E-state index is 5.97. The Kier molecular flexibility index (Phi) is 5.76. The Morgan fingerprint density at radius 2 is 2.11 bits per heavy atom. The molecule has 0 atom stereocenters. The van der Waals surface area contributed by atoms with Gasteiger partial charge in [0.25, 0.3) is 0 Å². The van der Waals surface area contributed by atoms with Gasteiger partial charge in [0.15, 0.2) is 0 Å². The summed E-state index contributed by atoms with van der Waals surface area (Å²) in [7, 11) is 0. The lowest BCUT2D eigenvalue weighted by molar-refractivity contribution is 0.669. The predicted octanol–water partition coefficient (Wildman–Crippen LogP) is 3.32. The first-order chi connectivity index (χ1) is 9.28. The van der Waals surface area contributed by atoms with Crippen LogP contribution in [0.4, 0.5) is 0 Å². The third-order valence-electron chi connectivity index (χ3n) is 2.75. The summed E-state index contributed by atoms with van der Waals surface area (Å²) >= 11 is 7.67. The van der Waals surface area contributed by atoms with Crippen LogP contribution in [0, 0.1) is 0 Å². The highest BCUT2D eigenvalue weighted by atomic mass is 35.5. The van der Waals surface area contributed by atoms with Crippen LogP contribution in [0.1, 0.15) is 28.9 Å². The van der Waals surface area contributed by atoms with Gasteiger partial charge < -0.3 is 5.32 Å². The predicted molar refractivity (Wildman–Crippen MR) is 81.0 cm³/mol. The summed E-state index contributed by atoms with van der Waals surface area (Å²) in [5.41, 5.74) is 1.18. The summed E-state index contributed by atoms with van der Waals surface area (Å²) in [5, 5.41) is 14.7. The summed E-state index contributed by atoms with van der Waals surface area (Å²) in [6, 6.07) is 7.90. The molecule has 5 heteroatoms. The summed E-state index contributed by atoms with van der Waals surface area (Å²) in [6.07, 6.45) is 2.92. The smallest absolute Gasteiger partial charge is 0.121 e. The van der Waals surface area contributed by atoms with Crippen molar-refractivity contribution in [3.63, 3.8) is 0 Å². The molecular formula is C14H18ClN3S. The van der Waals surface area contributed by atoms with Crippen molar-refractivity contribution in [1.29, 1.82) is 0 Å². The Hall–Kier alpha value is -0.970. The van der Waals surface area contributed by atoms with Crippen molar-refractivity contribution in [1.82, 2.24) is 15.5 Å². The lowest BCUT2D eigenvalue weighted by Gasteiger charge is -1.98. The molecule has 0 aliphatic heterocycles. The second kappa shape index (κ2) is 7.58. The van der Waals surface area contributed by atoms with E-state index in [1.54, 1.807) is 11.3 Å². The minimum atomic E-state index is 0.771. The summed E-state index contributed by atoms with van der Waals surface area (Å²) < 4.78 is 0. The van der Waals surface area contributed by atoms with Crippen LogP contribution in [0.5, 0.6) is 0 Å². The number of hydrogen-bond donors (Lipinski definition) is 1. The maximum absolute atomic E-state index is 5.97. The van der Waals surface area contributed by atoms with E-state index in [1.807, 2.05) is 18.2 Å². The van der Waals surface area contributed by atoms with Crippen LogP contribution in [-0.4, -0.2) is 23.3 Å². The number of aryl methyl sites for hydroxylation is 1. The average molecular weight is 296 g/mol. The fourth-order valence-corrected chi connectivity index (χ4v) is 2.96. The summed E-state index contributed by atoms with van der Waals surface area (Å²) in [5.74, 6) is 0. The van der Waals surface area contributed by atoms with Gasteiger partial charge in [0, 0.05) is 17.9 Å². The minimum absolute atomic E-state index is 0.771. The van der Waals surface area contributed by atoms with Gasteiger partial charge in [-0.15, -0.1) is 21.5 Å². The Labute approximate surface area is 123 Å². The van der Waals surface area contributed by atoms with E-state index in [0.29, 0.717) is 0 Å². The van der Waals surface area contributed by atoms with E-state index in [0.717, 1.165) is 47.4 Å². The zero-order chi connectivity index (χ0) is 13.5. The molecule has 0 amide bonds. The SMILES string of the molecule is CCNCCCc1nnc(Cc2cccc(Cl)c2)s1. The van der Waals surface area contributed by atoms with Gasteiger partial charge in [-0.2, -0.15) is 0 Å². The van der Waals surface area contributed by atoms with E-state index in [-0.39, 0.29) is 0 Å². The van der Waals surface area contributed by atoms with Crippen LogP contribution in [0.25, 0.3) is 0 Å². The van der Waals surface area contributed by atoms with Crippen LogP contribution in [-0.2, 0) is 12.8 Å². The van der Waals surface area contributed by atoms with Gasteiger partial charge in [0.2, 0.25) is 0 Å². The summed E-state index contributed by atoms with van der Waals surface area (Å²) in [4.78, 5) is 0. The van der Waals surface area contributed by atoms with E-state index in [2.05, 4.69) is 28.5 Å². The number of rotatable bonds is 7. The maximum Gasteiger partial charge on any atom is 0.121 e. The van der Waals surface area contributed by atoms with Crippen molar-refractivity contribution >= 4 is 22.9 Å². The van der Waals surface area contributed by atoms with E-state index in [9.17, 15) is 0 Å². The van der Waals surface area contributed by atoms with Crippen LogP contribution < -0.4 is 5.32 Å². The Bertz CT molecular complexity index is 513. The average Bonchev–Trinajstić information content (AvgIpc) is 2.82. The molecule has 1 aromatic heterocycles. The molecule has 0 saturated carbocycles. The van der Waals surface area contributed by atoms with Crippen LogP contribution in [0.3, 0.4) is 0 Å². The highest BCUT2D eigenvalue weighted by molar-refractivity contribution is 7.11. The van der Waals surface area contributed by atoms with E-state index in [4.69, 9.17) is 11.6 Å². The monoisotopic (exact) mass is 295 g/mol. The molecule has 1 aromatic carbocycles. The first-order valence-corrected chi connectivity index (χ1v) is 7.74. The van der Waals surface area contributed by atoms with Crippen molar-refractivity contribution in [2.45, 2.75) is 26.2 Å². The van der Waals surface area contributed by atoms with Crippen molar-refractivity contribution in [3.8, 4) is 0 Å². The highest BCUT2D eigenvalue weighted by Crippen LogP contribution is 2.18. The molecule has 0 fully saturated rings. The van der Waals surface area contributed by atoms with Gasteiger partial charge >= 0.3 is 0 Å². The molecule has 0 radical (unpaired) electrons. The molecule has 1 N–H and O–H groups in total. The lowest BCUT2D eigenvalue weighted by atomic mass is 10.2. The molecule has 3 nitrogen and oxygen atoms in total. The number of hydrogen-bond acceptors (Lipinski definition) is 4. The minimum Gasteiger partial charge on any atom is -0.317 e. The third kappa shape index (κ3) is 4.90. The standard InChI is InChI=1S/C14H18ClN3S/c1-2-16-8-4-7-13-17-18-14(19-13)10-11-5-3-6-12(15)9-11/h3,5-6,9,16H,2,4,7-8,10H2,1H3.